The molecular formula is C11H13ClN2S2. The lowest BCUT2D eigenvalue weighted by Gasteiger charge is -2.14. The number of aryl methyl sites for hydroxylation is 1. The van der Waals surface area contributed by atoms with E-state index in [2.05, 4.69) is 29.5 Å². The summed E-state index contributed by atoms with van der Waals surface area (Å²) in [6.45, 7) is 4.27. The summed E-state index contributed by atoms with van der Waals surface area (Å²) in [5, 5.41) is 0. The van der Waals surface area contributed by atoms with E-state index in [9.17, 15) is 0 Å². The molecule has 2 heterocycles. The quantitative estimate of drug-likeness (QED) is 0.820. The molecule has 2 nitrogen and oxygen atoms in total. The van der Waals surface area contributed by atoms with E-state index < -0.39 is 0 Å². The van der Waals surface area contributed by atoms with Crippen LogP contribution in [0.1, 0.15) is 30.5 Å². The number of nitrogens with zero attached hydrogens (tertiary/aromatic N) is 1. The van der Waals surface area contributed by atoms with Gasteiger partial charge in [-0.05, 0) is 37.7 Å². The highest BCUT2D eigenvalue weighted by Gasteiger charge is 2.14. The van der Waals surface area contributed by atoms with Crippen molar-refractivity contribution in [2.45, 2.75) is 26.3 Å². The second-order valence-electron chi connectivity index (χ2n) is 3.63. The summed E-state index contributed by atoms with van der Waals surface area (Å²) in [7, 11) is 0. The molecule has 1 N–H and O–H groups in total. The molecule has 1 unspecified atom stereocenters. The lowest BCUT2D eigenvalue weighted by Crippen LogP contribution is -2.08. The Balaban J connectivity index is 2.44. The van der Waals surface area contributed by atoms with Gasteiger partial charge in [-0.2, -0.15) is 0 Å². The van der Waals surface area contributed by atoms with E-state index in [1.165, 1.54) is 10.6 Å². The number of halogens is 1. The van der Waals surface area contributed by atoms with Gasteiger partial charge in [0, 0.05) is 16.8 Å². The van der Waals surface area contributed by atoms with Crippen molar-refractivity contribution < 1.29 is 0 Å². The van der Waals surface area contributed by atoms with E-state index in [0.29, 0.717) is 0 Å². The normalized spacial score (nSPS) is 12.9. The van der Waals surface area contributed by atoms with Gasteiger partial charge < -0.3 is 9.55 Å². The number of rotatable bonds is 3. The summed E-state index contributed by atoms with van der Waals surface area (Å²) >= 11 is 12.9. The van der Waals surface area contributed by atoms with Crippen LogP contribution in [0.25, 0.3) is 0 Å². The highest BCUT2D eigenvalue weighted by atomic mass is 35.5. The first kappa shape index (κ1) is 11.9. The van der Waals surface area contributed by atoms with Crippen molar-refractivity contribution in [1.82, 2.24) is 9.55 Å². The van der Waals surface area contributed by atoms with Gasteiger partial charge in [0.15, 0.2) is 4.77 Å². The Kier molecular flexibility index (Phi) is 3.52. The lowest BCUT2D eigenvalue weighted by atomic mass is 10.2. The number of H-pyrrole nitrogens is 1. The summed E-state index contributed by atoms with van der Waals surface area (Å²) in [6, 6.07) is 4.23. The maximum absolute atomic E-state index is 5.95. The fraction of sp³-hybridized carbons (Fsp3) is 0.364. The fourth-order valence-corrected chi connectivity index (χ4v) is 3.23. The fourth-order valence-electron chi connectivity index (χ4n) is 1.79. The van der Waals surface area contributed by atoms with Gasteiger partial charge in [0.05, 0.1) is 10.4 Å². The van der Waals surface area contributed by atoms with Gasteiger partial charge in [0.25, 0.3) is 0 Å². The highest BCUT2D eigenvalue weighted by Crippen LogP contribution is 2.30. The molecule has 0 fully saturated rings. The second-order valence-corrected chi connectivity index (χ2v) is 5.76. The van der Waals surface area contributed by atoms with Crippen LogP contribution in [-0.2, 0) is 6.42 Å². The Morgan fingerprint density at radius 3 is 2.88 bits per heavy atom. The summed E-state index contributed by atoms with van der Waals surface area (Å²) in [4.78, 5) is 4.33. The average molecular weight is 273 g/mol. The van der Waals surface area contributed by atoms with Crippen LogP contribution < -0.4 is 0 Å². The molecule has 0 aliphatic rings. The zero-order valence-corrected chi connectivity index (χ0v) is 11.5. The number of nitrogens with one attached hydrogen (secondary N) is 1. The number of hydrogen-bond donors (Lipinski definition) is 1. The van der Waals surface area contributed by atoms with Crippen LogP contribution in [0.15, 0.2) is 18.3 Å². The van der Waals surface area contributed by atoms with Crippen LogP contribution in [0, 0.1) is 4.77 Å². The molecule has 0 spiro atoms. The molecule has 0 amide bonds. The molecule has 5 heteroatoms. The summed E-state index contributed by atoms with van der Waals surface area (Å²) in [5.74, 6) is 0. The van der Waals surface area contributed by atoms with Crippen LogP contribution in [0.2, 0.25) is 4.34 Å². The Morgan fingerprint density at radius 1 is 1.56 bits per heavy atom. The van der Waals surface area contributed by atoms with Crippen LogP contribution in [0.4, 0.5) is 0 Å². The zero-order chi connectivity index (χ0) is 11.7. The van der Waals surface area contributed by atoms with Crippen molar-refractivity contribution in [3.8, 4) is 0 Å². The molecule has 86 valence electrons. The number of aromatic nitrogens is 2. The van der Waals surface area contributed by atoms with Crippen molar-refractivity contribution in [2.24, 2.45) is 0 Å². The Morgan fingerprint density at radius 2 is 2.31 bits per heavy atom. The Labute approximate surface area is 109 Å². The maximum Gasteiger partial charge on any atom is 0.177 e. The SMILES string of the molecule is CCc1c[nH]c(=S)n1C(C)c1ccc(Cl)s1. The molecule has 0 bridgehead atoms. The van der Waals surface area contributed by atoms with Gasteiger partial charge in [0.2, 0.25) is 0 Å². The molecule has 0 aliphatic heterocycles. The minimum absolute atomic E-state index is 0.242. The molecule has 0 radical (unpaired) electrons. The third-order valence-electron chi connectivity index (χ3n) is 2.65. The summed E-state index contributed by atoms with van der Waals surface area (Å²) < 4.78 is 3.74. The second kappa shape index (κ2) is 4.73. The highest BCUT2D eigenvalue weighted by molar-refractivity contribution is 7.71. The van der Waals surface area contributed by atoms with Crippen molar-refractivity contribution in [3.05, 3.63) is 38.0 Å². The molecule has 0 aliphatic carbocycles. The van der Waals surface area contributed by atoms with Crippen LogP contribution in [0.5, 0.6) is 0 Å². The van der Waals surface area contributed by atoms with Crippen molar-refractivity contribution in [1.29, 1.82) is 0 Å². The van der Waals surface area contributed by atoms with Crippen molar-refractivity contribution in [2.75, 3.05) is 0 Å². The van der Waals surface area contributed by atoms with Crippen LogP contribution in [0.3, 0.4) is 0 Å². The van der Waals surface area contributed by atoms with Gasteiger partial charge in [-0.1, -0.05) is 18.5 Å². The predicted octanol–water partition coefficient (Wildman–Crippen LogP) is 4.43. The number of imidazole rings is 1. The molecule has 0 saturated heterocycles. The van der Waals surface area contributed by atoms with E-state index in [4.69, 9.17) is 23.8 Å². The van der Waals surface area contributed by atoms with E-state index >= 15 is 0 Å². The standard InChI is InChI=1S/C11H13ClN2S2/c1-3-8-6-13-11(15)14(8)7(2)9-4-5-10(12)16-9/h4-7H,3H2,1-2H3,(H,13,15). The largest absolute Gasteiger partial charge is 0.337 e. The Bertz CT molecular complexity index is 538. The first-order chi connectivity index (χ1) is 7.63. The van der Waals surface area contributed by atoms with Gasteiger partial charge in [-0.15, -0.1) is 11.3 Å². The van der Waals surface area contributed by atoms with Gasteiger partial charge in [-0.25, -0.2) is 0 Å². The summed E-state index contributed by atoms with van der Waals surface area (Å²) in [5.41, 5.74) is 1.22. The number of aromatic amines is 1. The molecule has 2 rings (SSSR count). The molecule has 1 atom stereocenters. The van der Waals surface area contributed by atoms with E-state index in [1.807, 2.05) is 12.3 Å². The van der Waals surface area contributed by atoms with Gasteiger partial charge >= 0.3 is 0 Å². The molecule has 2 aromatic rings. The third-order valence-corrected chi connectivity index (χ3v) is 4.36. The molecule has 0 saturated carbocycles. The third kappa shape index (κ3) is 2.10. The lowest BCUT2D eigenvalue weighted by molar-refractivity contribution is 0.613. The van der Waals surface area contributed by atoms with Crippen molar-refractivity contribution >= 4 is 35.2 Å². The minimum Gasteiger partial charge on any atom is -0.337 e. The van der Waals surface area contributed by atoms with Crippen molar-refractivity contribution in [3.63, 3.8) is 0 Å². The van der Waals surface area contributed by atoms with Crippen LogP contribution in [-0.4, -0.2) is 9.55 Å². The predicted molar refractivity (Wildman–Crippen MR) is 72.1 cm³/mol. The average Bonchev–Trinajstić information content (AvgIpc) is 2.83. The van der Waals surface area contributed by atoms with Crippen LogP contribution >= 0.6 is 35.2 Å². The van der Waals surface area contributed by atoms with E-state index in [-0.39, 0.29) is 6.04 Å². The topological polar surface area (TPSA) is 20.7 Å². The maximum atomic E-state index is 5.95. The summed E-state index contributed by atoms with van der Waals surface area (Å²) in [6.07, 6.45) is 2.95. The first-order valence-corrected chi connectivity index (χ1v) is 6.77. The Hall–Kier alpha value is -0.580. The van der Waals surface area contributed by atoms with Gasteiger partial charge in [0.1, 0.15) is 0 Å². The monoisotopic (exact) mass is 272 g/mol. The zero-order valence-electron chi connectivity index (χ0n) is 9.16. The molecule has 0 aromatic carbocycles. The van der Waals surface area contributed by atoms with E-state index in [1.54, 1.807) is 11.3 Å². The minimum atomic E-state index is 0.242. The number of hydrogen-bond acceptors (Lipinski definition) is 2. The van der Waals surface area contributed by atoms with E-state index in [0.717, 1.165) is 15.5 Å². The smallest absolute Gasteiger partial charge is 0.177 e. The molecule has 16 heavy (non-hydrogen) atoms. The first-order valence-electron chi connectivity index (χ1n) is 5.17. The molecule has 2 aromatic heterocycles. The van der Waals surface area contributed by atoms with Gasteiger partial charge in [-0.3, -0.25) is 0 Å². The molecular weight excluding hydrogens is 260 g/mol. The number of thiophene rings is 1.